The van der Waals surface area contributed by atoms with E-state index in [1.165, 1.54) is 101 Å². The van der Waals surface area contributed by atoms with Gasteiger partial charge in [-0.05, 0) is 19.3 Å². The number of phosphoric ester groups is 1. The lowest BCUT2D eigenvalue weighted by molar-refractivity contribution is -0.167. The standard InChI is InChI=1S/C47H85O16P/c1-3-5-7-8-9-10-11-12-13-14-15-16-17-18-19-20-22-27-40(51)60-32-35-33-61-64(58,59)63-47-45(56)43(54)37(30-29-34(48)25-21-6-4-2)39(50)31-38(49)36(42(53)44(55)46(47)57)26-23-24-28-41(52)62-35/h23-24,29-30,34-39,42-50,53-57H,3-22,25-28,31-33H2,1-2H3,(H,58,59)/b24-23-,30-29-/t34-,35-,36-,37+,38+,39-,42-,43-,44+,45-,46-,47-/m1/s1. The third-order valence-corrected chi connectivity index (χ3v) is 13.4. The number of hydrogen-bond donors (Lipinski definition) is 9. The second-order valence-corrected chi connectivity index (χ2v) is 19.4. The van der Waals surface area contributed by atoms with Crippen LogP contribution in [0.25, 0.3) is 0 Å². The minimum absolute atomic E-state index is 0.105. The SMILES string of the molecule is CCCCCCCCCCCCCCCCCCCC(=O)OC[C@@H]1COP(=O)(O)O[C@H]2[C@H](O)[C@@H](O)[C@H](O)[C@H](C/C=C\CC(=O)O1)[C@@H](O)C[C@@H](O)[C@H](/C=C\[C@H](O)CCCCC)[C@@H](O)[C@H]2O. The number of aliphatic hydroxyl groups excluding tert-OH is 8. The number of aliphatic hydroxyl groups is 8. The van der Waals surface area contributed by atoms with Crippen molar-refractivity contribution >= 4 is 19.8 Å². The maximum atomic E-state index is 13.4. The van der Waals surface area contributed by atoms with Crippen LogP contribution in [0.15, 0.2) is 24.3 Å². The fourth-order valence-electron chi connectivity index (χ4n) is 8.32. The van der Waals surface area contributed by atoms with Gasteiger partial charge in [0.15, 0.2) is 6.10 Å². The van der Waals surface area contributed by atoms with Gasteiger partial charge in [-0.2, -0.15) is 0 Å². The Balaban J connectivity index is 2.04. The Bertz CT molecular complexity index is 1350. The molecule has 0 saturated heterocycles. The molecule has 9 N–H and O–H groups in total. The summed E-state index contributed by atoms with van der Waals surface area (Å²) < 4.78 is 34.4. The molecular weight excluding hydrogens is 851 g/mol. The number of ether oxygens (including phenoxy) is 2. The van der Waals surface area contributed by atoms with Gasteiger partial charge in [0.2, 0.25) is 0 Å². The van der Waals surface area contributed by atoms with Gasteiger partial charge in [0.25, 0.3) is 0 Å². The molecule has 1 saturated carbocycles. The summed E-state index contributed by atoms with van der Waals surface area (Å²) in [5.41, 5.74) is 0. The van der Waals surface area contributed by atoms with Gasteiger partial charge in [-0.15, -0.1) is 0 Å². The van der Waals surface area contributed by atoms with Crippen molar-refractivity contribution in [3.8, 4) is 0 Å². The first kappa shape index (κ1) is 58.3. The van der Waals surface area contributed by atoms with Gasteiger partial charge >= 0.3 is 19.8 Å². The van der Waals surface area contributed by atoms with Crippen LogP contribution in [0.3, 0.4) is 0 Å². The smallest absolute Gasteiger partial charge is 0.462 e. The van der Waals surface area contributed by atoms with E-state index in [1.807, 2.05) is 6.92 Å². The van der Waals surface area contributed by atoms with Crippen LogP contribution >= 0.6 is 7.82 Å². The number of carbonyl (C=O) groups is 2. The van der Waals surface area contributed by atoms with Crippen molar-refractivity contribution in [2.75, 3.05) is 13.2 Å². The molecule has 2 bridgehead atoms. The average Bonchev–Trinajstić information content (AvgIpc) is 3.26. The third kappa shape index (κ3) is 23.8. The molecule has 374 valence electrons. The largest absolute Gasteiger partial charge is 0.472 e. The van der Waals surface area contributed by atoms with Gasteiger partial charge in [0.1, 0.15) is 31.0 Å². The normalized spacial score (nSPS) is 32.3. The van der Waals surface area contributed by atoms with Crippen molar-refractivity contribution < 1.29 is 78.4 Å². The number of cyclic esters (lactones) is 1. The molecule has 1 aliphatic carbocycles. The predicted octanol–water partition coefficient (Wildman–Crippen LogP) is 6.00. The summed E-state index contributed by atoms with van der Waals surface area (Å²) >= 11 is 0. The van der Waals surface area contributed by atoms with Crippen molar-refractivity contribution in [2.24, 2.45) is 11.8 Å². The molecule has 2 rings (SSSR count). The molecule has 0 aromatic carbocycles. The van der Waals surface area contributed by atoms with Gasteiger partial charge < -0.3 is 55.2 Å². The number of esters is 2. The maximum Gasteiger partial charge on any atom is 0.472 e. The quantitative estimate of drug-likeness (QED) is 0.0208. The van der Waals surface area contributed by atoms with Gasteiger partial charge in [-0.3, -0.25) is 18.6 Å². The topological polar surface area (TPSA) is 270 Å². The first-order valence-corrected chi connectivity index (χ1v) is 25.9. The molecular formula is C47H85O16P. The Morgan fingerprint density at radius 1 is 0.734 bits per heavy atom. The zero-order valence-electron chi connectivity index (χ0n) is 38.7. The summed E-state index contributed by atoms with van der Waals surface area (Å²) in [5.74, 6) is -4.23. The lowest BCUT2D eigenvalue weighted by Crippen LogP contribution is -2.55. The lowest BCUT2D eigenvalue weighted by Gasteiger charge is -2.37. The highest BCUT2D eigenvalue weighted by molar-refractivity contribution is 7.47. The van der Waals surface area contributed by atoms with Gasteiger partial charge in [-0.25, -0.2) is 4.57 Å². The molecule has 2 aliphatic rings. The minimum Gasteiger partial charge on any atom is -0.462 e. The zero-order valence-corrected chi connectivity index (χ0v) is 39.6. The van der Waals surface area contributed by atoms with Crippen LogP contribution in [0.5, 0.6) is 0 Å². The number of unbranched alkanes of at least 4 members (excludes halogenated alkanes) is 18. The first-order valence-electron chi connectivity index (χ1n) is 24.4. The van der Waals surface area contributed by atoms with Crippen LogP contribution in [0.4, 0.5) is 0 Å². The van der Waals surface area contributed by atoms with Crippen LogP contribution in [-0.4, -0.2) is 132 Å². The van der Waals surface area contributed by atoms with Crippen LogP contribution in [0.2, 0.25) is 0 Å². The molecule has 1 unspecified atom stereocenters. The molecule has 0 amide bonds. The highest BCUT2D eigenvalue weighted by atomic mass is 31.2. The maximum absolute atomic E-state index is 13.4. The number of phosphoric acid groups is 1. The fraction of sp³-hybridized carbons (Fsp3) is 0.872. The molecule has 0 radical (unpaired) electrons. The molecule has 0 aromatic rings. The molecule has 17 heteroatoms. The summed E-state index contributed by atoms with van der Waals surface area (Å²) in [7, 11) is -5.42. The van der Waals surface area contributed by atoms with Crippen LogP contribution < -0.4 is 0 Å². The second-order valence-electron chi connectivity index (χ2n) is 18.0. The van der Waals surface area contributed by atoms with Crippen LogP contribution in [0.1, 0.15) is 174 Å². The van der Waals surface area contributed by atoms with Gasteiger partial charge in [0.05, 0.1) is 43.5 Å². The van der Waals surface area contributed by atoms with Gasteiger partial charge in [0, 0.05) is 24.7 Å². The number of fused-ring (bicyclic) bond motifs is 4. The predicted molar refractivity (Wildman–Crippen MR) is 242 cm³/mol. The Labute approximate surface area is 382 Å². The van der Waals surface area contributed by atoms with E-state index in [0.29, 0.717) is 19.3 Å². The van der Waals surface area contributed by atoms with E-state index < -0.39 is 112 Å². The molecule has 1 heterocycles. The van der Waals surface area contributed by atoms with Crippen LogP contribution in [0, 0.1) is 11.8 Å². The van der Waals surface area contributed by atoms with Crippen LogP contribution in [-0.2, 0) is 32.7 Å². The molecule has 16 nitrogen and oxygen atoms in total. The minimum atomic E-state index is -5.42. The van der Waals surface area contributed by atoms with E-state index in [1.54, 1.807) is 0 Å². The monoisotopic (exact) mass is 937 g/mol. The number of hydrogen-bond acceptors (Lipinski definition) is 15. The second kappa shape index (κ2) is 33.6. The summed E-state index contributed by atoms with van der Waals surface area (Å²) in [6.45, 7) is 2.82. The highest BCUT2D eigenvalue weighted by Gasteiger charge is 2.49. The Morgan fingerprint density at radius 3 is 1.84 bits per heavy atom. The van der Waals surface area contributed by atoms with E-state index in [4.69, 9.17) is 18.5 Å². The molecule has 1 aliphatic heterocycles. The Hall–Kier alpha value is -1.79. The average molecular weight is 937 g/mol. The lowest BCUT2D eigenvalue weighted by atomic mass is 9.83. The van der Waals surface area contributed by atoms with Gasteiger partial charge in [-0.1, -0.05) is 160 Å². The Morgan fingerprint density at radius 2 is 1.27 bits per heavy atom. The summed E-state index contributed by atoms with van der Waals surface area (Å²) in [5, 5.41) is 89.5. The van der Waals surface area contributed by atoms with E-state index in [2.05, 4.69) is 6.92 Å². The molecule has 64 heavy (non-hydrogen) atoms. The fourth-order valence-corrected chi connectivity index (χ4v) is 9.30. The first-order chi connectivity index (χ1) is 30.6. The van der Waals surface area contributed by atoms with Crippen molar-refractivity contribution in [2.45, 2.75) is 235 Å². The van der Waals surface area contributed by atoms with E-state index >= 15 is 0 Å². The molecule has 13 atom stereocenters. The van der Waals surface area contributed by atoms with Crippen molar-refractivity contribution in [1.82, 2.24) is 0 Å². The number of carbonyl (C=O) groups excluding carboxylic acids is 2. The highest BCUT2D eigenvalue weighted by Crippen LogP contribution is 2.47. The molecule has 0 spiro atoms. The summed E-state index contributed by atoms with van der Waals surface area (Å²) in [6.07, 6.45) is 8.27. The van der Waals surface area contributed by atoms with Crippen molar-refractivity contribution in [3.05, 3.63) is 24.3 Å². The third-order valence-electron chi connectivity index (χ3n) is 12.4. The van der Waals surface area contributed by atoms with E-state index in [-0.39, 0.29) is 19.3 Å². The number of allylic oxidation sites excluding steroid dienone is 1. The number of rotatable bonds is 26. The molecule has 1 fully saturated rings. The van der Waals surface area contributed by atoms with Crippen molar-refractivity contribution in [1.29, 1.82) is 0 Å². The zero-order chi connectivity index (χ0) is 47.3. The van der Waals surface area contributed by atoms with E-state index in [9.17, 15) is 59.9 Å². The van der Waals surface area contributed by atoms with E-state index in [0.717, 1.165) is 38.5 Å². The van der Waals surface area contributed by atoms with Crippen molar-refractivity contribution in [3.63, 3.8) is 0 Å². The summed E-state index contributed by atoms with van der Waals surface area (Å²) in [6, 6.07) is 0. The summed E-state index contributed by atoms with van der Waals surface area (Å²) in [4.78, 5) is 36.3. The molecule has 0 aromatic heterocycles. The Kier molecular flexibility index (Phi) is 30.7.